The van der Waals surface area contributed by atoms with E-state index in [9.17, 15) is 4.79 Å². The fourth-order valence-electron chi connectivity index (χ4n) is 2.70. The van der Waals surface area contributed by atoms with Crippen LogP contribution in [0.1, 0.15) is 37.7 Å². The second kappa shape index (κ2) is 7.68. The maximum atomic E-state index is 11.9. The SMILES string of the molecule is C=C[C@@H](OC(=O)/C=C/c1ccccc1)C1CCCCC1. The number of carbonyl (C=O) groups is 1. The van der Waals surface area contributed by atoms with E-state index in [0.717, 1.165) is 18.4 Å². The van der Waals surface area contributed by atoms with E-state index in [1.807, 2.05) is 30.3 Å². The molecule has 0 amide bonds. The van der Waals surface area contributed by atoms with Gasteiger partial charge in [-0.25, -0.2) is 4.79 Å². The highest BCUT2D eigenvalue weighted by molar-refractivity contribution is 5.87. The highest BCUT2D eigenvalue weighted by Crippen LogP contribution is 2.28. The third kappa shape index (κ3) is 4.37. The van der Waals surface area contributed by atoms with Gasteiger partial charge in [-0.2, -0.15) is 0 Å². The molecule has 0 unspecified atom stereocenters. The summed E-state index contributed by atoms with van der Waals surface area (Å²) >= 11 is 0. The molecule has 0 N–H and O–H groups in total. The van der Waals surface area contributed by atoms with E-state index in [4.69, 9.17) is 4.74 Å². The first-order valence-corrected chi connectivity index (χ1v) is 7.36. The van der Waals surface area contributed by atoms with Crippen LogP contribution in [0, 0.1) is 5.92 Å². The molecule has 0 radical (unpaired) electrons. The third-order valence-electron chi connectivity index (χ3n) is 3.81. The number of hydrogen-bond donors (Lipinski definition) is 0. The molecule has 2 nitrogen and oxygen atoms in total. The lowest BCUT2D eigenvalue weighted by Crippen LogP contribution is -2.26. The first-order chi connectivity index (χ1) is 9.79. The zero-order valence-corrected chi connectivity index (χ0v) is 11.8. The highest BCUT2D eigenvalue weighted by Gasteiger charge is 2.23. The Morgan fingerprint density at radius 1 is 1.20 bits per heavy atom. The Hall–Kier alpha value is -1.83. The van der Waals surface area contributed by atoms with Gasteiger partial charge in [-0.15, -0.1) is 0 Å². The minimum Gasteiger partial charge on any atom is -0.455 e. The summed E-state index contributed by atoms with van der Waals surface area (Å²) in [6.07, 6.45) is 10.9. The standard InChI is InChI=1S/C18H22O2/c1-2-17(16-11-7-4-8-12-16)20-18(19)14-13-15-9-5-3-6-10-15/h2-3,5-6,9-10,13-14,16-17H,1,4,7-8,11-12H2/b14-13+/t17-/m1/s1. The van der Waals surface area contributed by atoms with Crippen molar-refractivity contribution in [2.75, 3.05) is 0 Å². The number of ether oxygens (including phenoxy) is 1. The van der Waals surface area contributed by atoms with Crippen LogP contribution >= 0.6 is 0 Å². The van der Waals surface area contributed by atoms with Crippen molar-refractivity contribution in [2.45, 2.75) is 38.2 Å². The summed E-state index contributed by atoms with van der Waals surface area (Å²) in [5.41, 5.74) is 0.997. The Labute approximate surface area is 121 Å². The fraction of sp³-hybridized carbons (Fsp3) is 0.389. The monoisotopic (exact) mass is 270 g/mol. The molecule has 1 fully saturated rings. The van der Waals surface area contributed by atoms with Crippen LogP contribution in [0.15, 0.2) is 49.1 Å². The van der Waals surface area contributed by atoms with Crippen LogP contribution in [0.5, 0.6) is 0 Å². The Morgan fingerprint density at radius 3 is 2.55 bits per heavy atom. The van der Waals surface area contributed by atoms with Crippen molar-refractivity contribution in [3.63, 3.8) is 0 Å². The molecule has 20 heavy (non-hydrogen) atoms. The molecule has 1 aromatic rings. The molecule has 1 aliphatic rings. The average molecular weight is 270 g/mol. The van der Waals surface area contributed by atoms with Crippen LogP contribution in [-0.4, -0.2) is 12.1 Å². The molecule has 1 aliphatic carbocycles. The summed E-state index contributed by atoms with van der Waals surface area (Å²) in [4.78, 5) is 11.9. The molecule has 2 heteroatoms. The number of benzene rings is 1. The predicted octanol–water partition coefficient (Wildman–Crippen LogP) is 4.38. The van der Waals surface area contributed by atoms with Crippen molar-refractivity contribution in [3.05, 3.63) is 54.6 Å². The molecular formula is C18H22O2. The van der Waals surface area contributed by atoms with E-state index in [1.165, 1.54) is 25.3 Å². The van der Waals surface area contributed by atoms with Crippen LogP contribution in [-0.2, 0) is 9.53 Å². The van der Waals surface area contributed by atoms with Crippen molar-refractivity contribution in [3.8, 4) is 0 Å². The van der Waals surface area contributed by atoms with Crippen LogP contribution in [0.25, 0.3) is 6.08 Å². The molecule has 0 aliphatic heterocycles. The van der Waals surface area contributed by atoms with Gasteiger partial charge in [-0.05, 0) is 30.4 Å². The van der Waals surface area contributed by atoms with Gasteiger partial charge >= 0.3 is 5.97 Å². The third-order valence-corrected chi connectivity index (χ3v) is 3.81. The molecule has 0 aromatic heterocycles. The molecule has 1 saturated carbocycles. The molecule has 0 saturated heterocycles. The van der Waals surface area contributed by atoms with Crippen LogP contribution < -0.4 is 0 Å². The van der Waals surface area contributed by atoms with Gasteiger partial charge in [-0.3, -0.25) is 0 Å². The van der Waals surface area contributed by atoms with E-state index >= 15 is 0 Å². The number of hydrogen-bond acceptors (Lipinski definition) is 2. The molecule has 0 spiro atoms. The van der Waals surface area contributed by atoms with Crippen LogP contribution in [0.4, 0.5) is 0 Å². The quantitative estimate of drug-likeness (QED) is 0.451. The zero-order chi connectivity index (χ0) is 14.2. The summed E-state index contributed by atoms with van der Waals surface area (Å²) < 4.78 is 5.52. The largest absolute Gasteiger partial charge is 0.455 e. The summed E-state index contributed by atoms with van der Waals surface area (Å²) in [7, 11) is 0. The lowest BCUT2D eigenvalue weighted by Gasteiger charge is -2.27. The summed E-state index contributed by atoms with van der Waals surface area (Å²) in [6.45, 7) is 3.81. The average Bonchev–Trinajstić information content (AvgIpc) is 2.52. The van der Waals surface area contributed by atoms with Crippen molar-refractivity contribution in [1.82, 2.24) is 0 Å². The molecule has 1 atom stereocenters. The highest BCUT2D eigenvalue weighted by atomic mass is 16.5. The molecule has 106 valence electrons. The Balaban J connectivity index is 1.88. The lowest BCUT2D eigenvalue weighted by molar-refractivity contribution is -0.143. The van der Waals surface area contributed by atoms with Gasteiger partial charge in [0.1, 0.15) is 6.10 Å². The smallest absolute Gasteiger partial charge is 0.331 e. The van der Waals surface area contributed by atoms with E-state index in [1.54, 1.807) is 12.2 Å². The van der Waals surface area contributed by atoms with E-state index in [-0.39, 0.29) is 12.1 Å². The lowest BCUT2D eigenvalue weighted by atomic mass is 9.85. The Bertz CT molecular complexity index is 456. The first kappa shape index (κ1) is 14.6. The zero-order valence-electron chi connectivity index (χ0n) is 11.8. The number of esters is 1. The van der Waals surface area contributed by atoms with Gasteiger partial charge in [0, 0.05) is 6.08 Å². The van der Waals surface area contributed by atoms with E-state index in [0.29, 0.717) is 5.92 Å². The Kier molecular flexibility index (Phi) is 5.60. The molecule has 1 aromatic carbocycles. The van der Waals surface area contributed by atoms with Crippen molar-refractivity contribution >= 4 is 12.0 Å². The molecule has 0 heterocycles. The summed E-state index contributed by atoms with van der Waals surface area (Å²) in [5.74, 6) is 0.152. The van der Waals surface area contributed by atoms with Crippen molar-refractivity contribution in [2.24, 2.45) is 5.92 Å². The van der Waals surface area contributed by atoms with Gasteiger partial charge in [-0.1, -0.05) is 62.2 Å². The maximum absolute atomic E-state index is 11.9. The predicted molar refractivity (Wildman–Crippen MR) is 82.1 cm³/mol. The van der Waals surface area contributed by atoms with Gasteiger partial charge in [0.25, 0.3) is 0 Å². The fourth-order valence-corrected chi connectivity index (χ4v) is 2.70. The van der Waals surface area contributed by atoms with Gasteiger partial charge in [0.05, 0.1) is 0 Å². The van der Waals surface area contributed by atoms with Gasteiger partial charge in [0.2, 0.25) is 0 Å². The van der Waals surface area contributed by atoms with Crippen molar-refractivity contribution in [1.29, 1.82) is 0 Å². The summed E-state index contributed by atoms with van der Waals surface area (Å²) in [6, 6.07) is 9.75. The Morgan fingerprint density at radius 2 is 1.90 bits per heavy atom. The van der Waals surface area contributed by atoms with E-state index < -0.39 is 0 Å². The first-order valence-electron chi connectivity index (χ1n) is 7.36. The molecule has 0 bridgehead atoms. The molecule has 2 rings (SSSR count). The molecular weight excluding hydrogens is 248 g/mol. The topological polar surface area (TPSA) is 26.3 Å². The van der Waals surface area contributed by atoms with Gasteiger partial charge < -0.3 is 4.74 Å². The number of carbonyl (C=O) groups excluding carboxylic acids is 1. The minimum atomic E-state index is -0.288. The summed E-state index contributed by atoms with van der Waals surface area (Å²) in [5, 5.41) is 0. The second-order valence-electron chi connectivity index (χ2n) is 5.28. The van der Waals surface area contributed by atoms with Crippen LogP contribution in [0.2, 0.25) is 0 Å². The maximum Gasteiger partial charge on any atom is 0.331 e. The van der Waals surface area contributed by atoms with Crippen LogP contribution in [0.3, 0.4) is 0 Å². The van der Waals surface area contributed by atoms with Gasteiger partial charge in [0.15, 0.2) is 0 Å². The van der Waals surface area contributed by atoms with E-state index in [2.05, 4.69) is 6.58 Å². The van der Waals surface area contributed by atoms with Crippen molar-refractivity contribution < 1.29 is 9.53 Å². The second-order valence-corrected chi connectivity index (χ2v) is 5.28. The minimum absolute atomic E-state index is 0.150. The number of rotatable bonds is 5. The normalized spacial score (nSPS) is 17.8.